The number of amides is 1. The van der Waals surface area contributed by atoms with Gasteiger partial charge in [-0.2, -0.15) is 0 Å². The van der Waals surface area contributed by atoms with Crippen molar-refractivity contribution in [3.05, 3.63) is 11.3 Å². The Morgan fingerprint density at radius 2 is 2.28 bits per heavy atom. The number of nitrogens with zero attached hydrogens (tertiary/aromatic N) is 2. The fourth-order valence-corrected chi connectivity index (χ4v) is 3.17. The Bertz CT molecular complexity index is 352. The van der Waals surface area contributed by atoms with Crippen LogP contribution in [0.3, 0.4) is 0 Å². The van der Waals surface area contributed by atoms with Gasteiger partial charge in [0, 0.05) is 30.9 Å². The van der Waals surface area contributed by atoms with E-state index in [2.05, 4.69) is 11.8 Å². The summed E-state index contributed by atoms with van der Waals surface area (Å²) in [5.41, 5.74) is 2.26. The van der Waals surface area contributed by atoms with Gasteiger partial charge >= 0.3 is 0 Å². The standard InChI is InChI=1S/C14H24N2O2/c1-4-6-11-8-9-12(14(17)15(2)18-3)13-7-5-10-16(11)13/h11H,4-10H2,1-3H3/t11-/m1/s1. The van der Waals surface area contributed by atoms with E-state index >= 15 is 0 Å². The molecule has 1 amide bonds. The summed E-state index contributed by atoms with van der Waals surface area (Å²) in [7, 11) is 3.23. The van der Waals surface area contributed by atoms with Crippen LogP contribution in [0, 0.1) is 0 Å². The van der Waals surface area contributed by atoms with E-state index in [4.69, 9.17) is 4.84 Å². The Kier molecular flexibility index (Phi) is 4.27. The maximum absolute atomic E-state index is 12.3. The summed E-state index contributed by atoms with van der Waals surface area (Å²) in [6.07, 6.45) is 6.71. The summed E-state index contributed by atoms with van der Waals surface area (Å²) in [4.78, 5) is 19.7. The second-order valence-electron chi connectivity index (χ2n) is 5.19. The summed E-state index contributed by atoms with van der Waals surface area (Å²) < 4.78 is 0. The van der Waals surface area contributed by atoms with Crippen LogP contribution < -0.4 is 0 Å². The number of carbonyl (C=O) groups is 1. The Morgan fingerprint density at radius 1 is 1.50 bits per heavy atom. The van der Waals surface area contributed by atoms with Crippen LogP contribution in [0.25, 0.3) is 0 Å². The van der Waals surface area contributed by atoms with Gasteiger partial charge in [0.15, 0.2) is 0 Å². The van der Waals surface area contributed by atoms with Gasteiger partial charge in [-0.15, -0.1) is 0 Å². The van der Waals surface area contributed by atoms with Crippen LogP contribution in [-0.4, -0.2) is 42.6 Å². The lowest BCUT2D eigenvalue weighted by atomic mass is 9.93. The fraction of sp³-hybridized carbons (Fsp3) is 0.786. The van der Waals surface area contributed by atoms with Crippen LogP contribution in [0.15, 0.2) is 11.3 Å². The number of likely N-dealkylation sites (N-methyl/N-ethyl adjacent to an activating group) is 1. The van der Waals surface area contributed by atoms with Gasteiger partial charge in [-0.25, -0.2) is 5.06 Å². The van der Waals surface area contributed by atoms with E-state index in [-0.39, 0.29) is 5.91 Å². The molecule has 0 saturated carbocycles. The highest BCUT2D eigenvalue weighted by Crippen LogP contribution is 2.36. The molecule has 2 aliphatic heterocycles. The van der Waals surface area contributed by atoms with Crippen LogP contribution >= 0.6 is 0 Å². The van der Waals surface area contributed by atoms with Crippen LogP contribution in [0.5, 0.6) is 0 Å². The molecule has 0 unspecified atom stereocenters. The first-order valence-corrected chi connectivity index (χ1v) is 6.99. The molecular formula is C14H24N2O2. The zero-order valence-electron chi connectivity index (χ0n) is 11.7. The minimum absolute atomic E-state index is 0.0364. The number of hydrogen-bond donors (Lipinski definition) is 0. The second-order valence-corrected chi connectivity index (χ2v) is 5.19. The largest absolute Gasteiger partial charge is 0.371 e. The minimum Gasteiger partial charge on any atom is -0.371 e. The Balaban J connectivity index is 2.20. The van der Waals surface area contributed by atoms with Crippen molar-refractivity contribution in [1.29, 1.82) is 0 Å². The highest BCUT2D eigenvalue weighted by molar-refractivity contribution is 5.93. The van der Waals surface area contributed by atoms with Crippen LogP contribution in [0.1, 0.15) is 45.4 Å². The van der Waals surface area contributed by atoms with E-state index in [0.717, 1.165) is 31.4 Å². The number of carbonyl (C=O) groups excluding carboxylic acids is 1. The first-order valence-electron chi connectivity index (χ1n) is 6.99. The van der Waals surface area contributed by atoms with Gasteiger partial charge in [0.25, 0.3) is 5.91 Å². The van der Waals surface area contributed by atoms with Crippen molar-refractivity contribution in [1.82, 2.24) is 9.96 Å². The van der Waals surface area contributed by atoms with Crippen LogP contribution in [0.4, 0.5) is 0 Å². The summed E-state index contributed by atoms with van der Waals surface area (Å²) in [5.74, 6) is 0.0364. The van der Waals surface area contributed by atoms with Crippen molar-refractivity contribution >= 4 is 5.91 Å². The van der Waals surface area contributed by atoms with E-state index in [1.807, 2.05) is 0 Å². The van der Waals surface area contributed by atoms with Gasteiger partial charge in [0.05, 0.1) is 7.11 Å². The second kappa shape index (κ2) is 5.74. The number of allylic oxidation sites excluding steroid dienone is 1. The average molecular weight is 252 g/mol. The highest BCUT2D eigenvalue weighted by atomic mass is 16.7. The van der Waals surface area contributed by atoms with Gasteiger partial charge in [0.1, 0.15) is 0 Å². The van der Waals surface area contributed by atoms with Crippen molar-refractivity contribution in [2.24, 2.45) is 0 Å². The monoisotopic (exact) mass is 252 g/mol. The van der Waals surface area contributed by atoms with Crippen LogP contribution in [-0.2, 0) is 9.63 Å². The number of hydrogen-bond acceptors (Lipinski definition) is 3. The quantitative estimate of drug-likeness (QED) is 0.720. The van der Waals surface area contributed by atoms with Gasteiger partial charge in [-0.1, -0.05) is 13.3 Å². The van der Waals surface area contributed by atoms with E-state index in [1.165, 1.54) is 37.1 Å². The molecule has 0 aromatic heterocycles. The first-order chi connectivity index (χ1) is 8.69. The zero-order chi connectivity index (χ0) is 13.1. The SMILES string of the molecule is CCC[C@@H]1CCC(C(=O)N(C)OC)=C2CCCN21. The van der Waals surface area contributed by atoms with Gasteiger partial charge in [-0.05, 0) is 32.1 Å². The molecule has 0 N–H and O–H groups in total. The summed E-state index contributed by atoms with van der Waals surface area (Å²) in [6.45, 7) is 3.35. The van der Waals surface area contributed by atoms with E-state index in [9.17, 15) is 4.79 Å². The van der Waals surface area contributed by atoms with Gasteiger partial charge < -0.3 is 4.90 Å². The summed E-state index contributed by atoms with van der Waals surface area (Å²) in [6, 6.07) is 0.650. The predicted molar refractivity (Wildman–Crippen MR) is 70.7 cm³/mol. The minimum atomic E-state index is 0.0364. The third-order valence-corrected chi connectivity index (χ3v) is 4.12. The lowest BCUT2D eigenvalue weighted by Crippen LogP contribution is -2.38. The summed E-state index contributed by atoms with van der Waals surface area (Å²) in [5, 5.41) is 1.35. The maximum Gasteiger partial charge on any atom is 0.274 e. The molecule has 4 heteroatoms. The lowest BCUT2D eigenvalue weighted by molar-refractivity contribution is -0.164. The van der Waals surface area contributed by atoms with Gasteiger partial charge in [-0.3, -0.25) is 9.63 Å². The molecule has 0 bridgehead atoms. The smallest absolute Gasteiger partial charge is 0.274 e. The Hall–Kier alpha value is -1.03. The molecule has 2 aliphatic rings. The van der Waals surface area contributed by atoms with Crippen molar-refractivity contribution < 1.29 is 9.63 Å². The predicted octanol–water partition coefficient (Wildman–Crippen LogP) is 2.32. The molecule has 0 spiro atoms. The first kappa shape index (κ1) is 13.4. The topological polar surface area (TPSA) is 32.8 Å². The molecule has 18 heavy (non-hydrogen) atoms. The van der Waals surface area contributed by atoms with Crippen molar-refractivity contribution in [3.63, 3.8) is 0 Å². The molecule has 0 aromatic carbocycles. The normalized spacial score (nSPS) is 23.3. The highest BCUT2D eigenvalue weighted by Gasteiger charge is 2.34. The molecule has 4 nitrogen and oxygen atoms in total. The van der Waals surface area contributed by atoms with Crippen molar-refractivity contribution in [2.45, 2.75) is 51.5 Å². The molecule has 0 radical (unpaired) electrons. The van der Waals surface area contributed by atoms with Crippen molar-refractivity contribution in [3.8, 4) is 0 Å². The molecule has 1 atom stereocenters. The summed E-state index contributed by atoms with van der Waals surface area (Å²) >= 11 is 0. The molecule has 1 saturated heterocycles. The molecule has 2 rings (SSSR count). The molecule has 102 valence electrons. The third kappa shape index (κ3) is 2.39. The van der Waals surface area contributed by atoms with Crippen LogP contribution in [0.2, 0.25) is 0 Å². The number of rotatable bonds is 4. The number of hydroxylamine groups is 2. The van der Waals surface area contributed by atoms with Crippen molar-refractivity contribution in [2.75, 3.05) is 20.7 Å². The Morgan fingerprint density at radius 3 is 2.94 bits per heavy atom. The molecule has 2 heterocycles. The molecule has 0 aliphatic carbocycles. The van der Waals surface area contributed by atoms with Gasteiger partial charge in [0.2, 0.25) is 0 Å². The zero-order valence-corrected chi connectivity index (χ0v) is 11.7. The Labute approximate surface area is 110 Å². The molecular weight excluding hydrogens is 228 g/mol. The molecule has 0 aromatic rings. The van der Waals surface area contributed by atoms with E-state index < -0.39 is 0 Å². The number of fused-ring (bicyclic) bond motifs is 1. The lowest BCUT2D eigenvalue weighted by Gasteiger charge is -2.37. The fourth-order valence-electron chi connectivity index (χ4n) is 3.17. The van der Waals surface area contributed by atoms with E-state index in [1.54, 1.807) is 7.05 Å². The average Bonchev–Trinajstić information content (AvgIpc) is 2.87. The maximum atomic E-state index is 12.3. The third-order valence-electron chi connectivity index (χ3n) is 4.12. The molecule has 1 fully saturated rings. The van der Waals surface area contributed by atoms with E-state index in [0.29, 0.717) is 6.04 Å².